The summed E-state index contributed by atoms with van der Waals surface area (Å²) in [7, 11) is 0. The first kappa shape index (κ1) is 18.0. The Morgan fingerprint density at radius 3 is 2.29 bits per heavy atom. The van der Waals surface area contributed by atoms with Crippen molar-refractivity contribution in [1.29, 1.82) is 0 Å². The van der Waals surface area contributed by atoms with Crippen LogP contribution in [0.5, 0.6) is 0 Å². The summed E-state index contributed by atoms with van der Waals surface area (Å²) in [6.07, 6.45) is -4.58. The van der Waals surface area contributed by atoms with Gasteiger partial charge in [-0.15, -0.1) is 0 Å². The molecule has 0 radical (unpaired) electrons. The summed E-state index contributed by atoms with van der Waals surface area (Å²) in [4.78, 5) is 23.5. The number of hydrogen-bond donors (Lipinski definition) is 1. The number of carbonyl (C=O) groups excluding carboxylic acids is 2. The molecule has 0 saturated heterocycles. The molecule has 2 aromatic rings. The molecule has 0 aliphatic carbocycles. The van der Waals surface area contributed by atoms with Crippen LogP contribution in [0, 0.1) is 0 Å². The lowest BCUT2D eigenvalue weighted by molar-refractivity contribution is -0.116. The second-order valence-electron chi connectivity index (χ2n) is 5.02. The van der Waals surface area contributed by atoms with Gasteiger partial charge in [-0.1, -0.05) is 48.0 Å². The monoisotopic (exact) mass is 355 g/mol. The number of ketones is 1. The van der Waals surface area contributed by atoms with Gasteiger partial charge in [0, 0.05) is 6.42 Å². The van der Waals surface area contributed by atoms with Crippen LogP contribution >= 0.6 is 11.6 Å². The molecule has 0 spiro atoms. The van der Waals surface area contributed by atoms with E-state index in [4.69, 9.17) is 11.6 Å². The summed E-state index contributed by atoms with van der Waals surface area (Å²) in [5, 5.41) is 1.97. The van der Waals surface area contributed by atoms with Crippen molar-refractivity contribution < 1.29 is 22.8 Å². The van der Waals surface area contributed by atoms with Gasteiger partial charge in [-0.25, -0.2) is 0 Å². The Balaban J connectivity index is 2.13. The molecule has 1 N–H and O–H groups in total. The van der Waals surface area contributed by atoms with Gasteiger partial charge >= 0.3 is 6.18 Å². The largest absolute Gasteiger partial charge is 0.455 e. The number of halogens is 4. The first-order valence-electron chi connectivity index (χ1n) is 7.03. The number of anilines is 1. The van der Waals surface area contributed by atoms with Gasteiger partial charge in [-0.05, 0) is 24.1 Å². The molecule has 0 aliphatic heterocycles. The smallest absolute Gasteiger partial charge is 0.325 e. The summed E-state index contributed by atoms with van der Waals surface area (Å²) >= 11 is 5.71. The zero-order chi connectivity index (χ0) is 17.7. The highest BCUT2D eigenvalue weighted by atomic mass is 35.5. The van der Waals surface area contributed by atoms with Crippen molar-refractivity contribution in [2.45, 2.75) is 19.0 Å². The minimum absolute atomic E-state index is 0.0656. The van der Waals surface area contributed by atoms with Crippen molar-refractivity contribution >= 4 is 29.0 Å². The van der Waals surface area contributed by atoms with Crippen molar-refractivity contribution in [2.75, 3.05) is 5.32 Å². The van der Waals surface area contributed by atoms with Crippen LogP contribution in [0.3, 0.4) is 0 Å². The van der Waals surface area contributed by atoms with Crippen LogP contribution < -0.4 is 5.32 Å². The molecule has 0 heterocycles. The lowest BCUT2D eigenvalue weighted by atomic mass is 10.1. The zero-order valence-electron chi connectivity index (χ0n) is 12.4. The third kappa shape index (κ3) is 4.58. The standard InChI is InChI=1S/C17H13ClF3NO2/c18-12-7-4-8-13(15(12)16(24)17(19,20)21)22-14(23)10-9-11-5-2-1-3-6-11/h1-8H,9-10H2,(H,22,23). The van der Waals surface area contributed by atoms with Gasteiger partial charge in [0.25, 0.3) is 5.78 Å². The minimum Gasteiger partial charge on any atom is -0.325 e. The van der Waals surface area contributed by atoms with Crippen LogP contribution in [0.15, 0.2) is 48.5 Å². The van der Waals surface area contributed by atoms with Crippen molar-refractivity contribution in [3.05, 3.63) is 64.7 Å². The first-order valence-corrected chi connectivity index (χ1v) is 7.40. The summed E-state index contributed by atoms with van der Waals surface area (Å²) < 4.78 is 38.0. The quantitative estimate of drug-likeness (QED) is 0.793. The predicted molar refractivity (Wildman–Crippen MR) is 85.2 cm³/mol. The fourth-order valence-corrected chi connectivity index (χ4v) is 2.38. The number of rotatable bonds is 5. The van der Waals surface area contributed by atoms with E-state index >= 15 is 0 Å². The summed E-state index contributed by atoms with van der Waals surface area (Å²) in [5.41, 5.74) is -0.0760. The molecule has 0 fully saturated rings. The summed E-state index contributed by atoms with van der Waals surface area (Å²) in [6.45, 7) is 0. The number of hydrogen-bond acceptors (Lipinski definition) is 2. The van der Waals surface area contributed by atoms with E-state index in [0.29, 0.717) is 6.42 Å². The van der Waals surface area contributed by atoms with E-state index < -0.39 is 23.4 Å². The summed E-state index contributed by atoms with van der Waals surface area (Å²) in [6, 6.07) is 12.9. The molecule has 7 heteroatoms. The van der Waals surface area contributed by atoms with Gasteiger partial charge in [0.2, 0.25) is 5.91 Å². The number of benzene rings is 2. The van der Waals surface area contributed by atoms with E-state index in [1.165, 1.54) is 18.2 Å². The number of aryl methyl sites for hydroxylation is 1. The highest BCUT2D eigenvalue weighted by Crippen LogP contribution is 2.31. The number of nitrogens with one attached hydrogen (secondary N) is 1. The van der Waals surface area contributed by atoms with Gasteiger partial charge in [0.15, 0.2) is 0 Å². The van der Waals surface area contributed by atoms with Gasteiger partial charge < -0.3 is 5.32 Å². The van der Waals surface area contributed by atoms with Crippen molar-refractivity contribution in [2.24, 2.45) is 0 Å². The topological polar surface area (TPSA) is 46.2 Å². The van der Waals surface area contributed by atoms with Gasteiger partial charge in [0.1, 0.15) is 0 Å². The third-order valence-corrected chi connectivity index (χ3v) is 3.57. The van der Waals surface area contributed by atoms with Crippen LogP contribution in [-0.4, -0.2) is 17.9 Å². The Bertz CT molecular complexity index is 745. The molecule has 0 atom stereocenters. The maximum absolute atomic E-state index is 12.7. The fourth-order valence-electron chi connectivity index (χ4n) is 2.12. The van der Waals surface area contributed by atoms with E-state index in [0.717, 1.165) is 5.56 Å². The lowest BCUT2D eigenvalue weighted by Crippen LogP contribution is -2.25. The molecular weight excluding hydrogens is 343 g/mol. The number of amides is 1. The molecule has 2 aromatic carbocycles. The highest BCUT2D eigenvalue weighted by molar-refractivity contribution is 6.35. The normalized spacial score (nSPS) is 11.2. The Morgan fingerprint density at radius 2 is 1.67 bits per heavy atom. The van der Waals surface area contributed by atoms with Crippen molar-refractivity contribution in [3.8, 4) is 0 Å². The van der Waals surface area contributed by atoms with Crippen LogP contribution in [0.1, 0.15) is 22.3 Å². The van der Waals surface area contributed by atoms with Crippen molar-refractivity contribution in [1.82, 2.24) is 0 Å². The summed E-state index contributed by atoms with van der Waals surface area (Å²) in [5.74, 6) is -2.59. The molecule has 24 heavy (non-hydrogen) atoms. The Labute approximate surface area is 141 Å². The van der Waals surface area contributed by atoms with Crippen LogP contribution in [0.4, 0.5) is 18.9 Å². The third-order valence-electron chi connectivity index (χ3n) is 3.26. The Kier molecular flexibility index (Phi) is 5.62. The molecule has 2 rings (SSSR count). The second kappa shape index (κ2) is 7.49. The average molecular weight is 356 g/mol. The zero-order valence-corrected chi connectivity index (χ0v) is 13.1. The maximum Gasteiger partial charge on any atom is 0.455 e. The average Bonchev–Trinajstić information content (AvgIpc) is 2.53. The first-order chi connectivity index (χ1) is 11.3. The van der Waals surface area contributed by atoms with Crippen molar-refractivity contribution in [3.63, 3.8) is 0 Å². The Morgan fingerprint density at radius 1 is 1.00 bits per heavy atom. The van der Waals surface area contributed by atoms with Crippen LogP contribution in [0.25, 0.3) is 0 Å². The maximum atomic E-state index is 12.7. The van der Waals surface area contributed by atoms with E-state index in [-0.39, 0.29) is 17.1 Å². The van der Waals surface area contributed by atoms with Crippen LogP contribution in [-0.2, 0) is 11.2 Å². The van der Waals surface area contributed by atoms with Gasteiger partial charge in [0.05, 0.1) is 16.3 Å². The second-order valence-corrected chi connectivity index (χ2v) is 5.43. The number of alkyl halides is 3. The molecule has 126 valence electrons. The molecule has 0 aliphatic rings. The Hall–Kier alpha value is -2.34. The van der Waals surface area contributed by atoms with E-state index in [2.05, 4.69) is 5.32 Å². The van der Waals surface area contributed by atoms with Crippen LogP contribution in [0.2, 0.25) is 5.02 Å². The molecule has 0 bridgehead atoms. The molecule has 3 nitrogen and oxygen atoms in total. The number of carbonyl (C=O) groups is 2. The molecule has 0 unspecified atom stereocenters. The molecule has 0 saturated carbocycles. The molecule has 0 aromatic heterocycles. The highest BCUT2D eigenvalue weighted by Gasteiger charge is 2.41. The number of Topliss-reactive ketones (excluding diaryl/α,β-unsaturated/α-hetero) is 1. The predicted octanol–water partition coefficient (Wildman–Crippen LogP) is 4.66. The van der Waals surface area contributed by atoms with Gasteiger partial charge in [-0.3, -0.25) is 9.59 Å². The van der Waals surface area contributed by atoms with E-state index in [9.17, 15) is 22.8 Å². The lowest BCUT2D eigenvalue weighted by Gasteiger charge is -2.13. The van der Waals surface area contributed by atoms with E-state index in [1.807, 2.05) is 30.3 Å². The molecular formula is C17H13ClF3NO2. The fraction of sp³-hybridized carbons (Fsp3) is 0.176. The SMILES string of the molecule is O=C(CCc1ccccc1)Nc1cccc(Cl)c1C(=O)C(F)(F)F. The van der Waals surface area contributed by atoms with Gasteiger partial charge in [-0.2, -0.15) is 13.2 Å². The van der Waals surface area contributed by atoms with E-state index in [1.54, 1.807) is 0 Å². The molecule has 1 amide bonds. The minimum atomic E-state index is -5.07.